The smallest absolute Gasteiger partial charge is 0.203 e. The zero-order valence-corrected chi connectivity index (χ0v) is 21.2. The fourth-order valence-electron chi connectivity index (χ4n) is 3.30. The van der Waals surface area contributed by atoms with Crippen LogP contribution in [0.5, 0.6) is 28.7 Å². The Hall–Kier alpha value is -2.97. The molecule has 0 fully saturated rings. The Bertz CT molecular complexity index is 928. The lowest BCUT2D eigenvalue weighted by atomic mass is 10.0. The number of aliphatic hydroxyl groups is 1. The summed E-state index contributed by atoms with van der Waals surface area (Å²) >= 11 is 0. The lowest BCUT2D eigenvalue weighted by molar-refractivity contribution is 0.0980. The number of hydrogen-bond donors (Lipinski definition) is 2. The van der Waals surface area contributed by atoms with Crippen molar-refractivity contribution >= 4 is 5.78 Å². The predicted octanol–water partition coefficient (Wildman–Crippen LogP) is 3.66. The number of hydrogen-bond acceptors (Lipinski definition) is 8. The molecule has 0 saturated carbocycles. The van der Waals surface area contributed by atoms with Crippen LogP contribution in [0.15, 0.2) is 30.3 Å². The predicted molar refractivity (Wildman–Crippen MR) is 131 cm³/mol. The van der Waals surface area contributed by atoms with E-state index in [9.17, 15) is 9.90 Å². The SMILES string of the molecule is COc1ccc(CCC(=O)c2cc(OC)c(OC)c(OC)c2)cc1OCC(O)CNC(C)(C)C. The van der Waals surface area contributed by atoms with Gasteiger partial charge in [-0.15, -0.1) is 0 Å². The Morgan fingerprint density at radius 2 is 1.53 bits per heavy atom. The van der Waals surface area contributed by atoms with Crippen LogP contribution in [0.3, 0.4) is 0 Å². The number of aliphatic hydroxyl groups excluding tert-OH is 1. The van der Waals surface area contributed by atoms with Gasteiger partial charge in [-0.1, -0.05) is 6.07 Å². The van der Waals surface area contributed by atoms with Gasteiger partial charge in [-0.2, -0.15) is 0 Å². The molecule has 2 rings (SSSR count). The van der Waals surface area contributed by atoms with Crippen molar-refractivity contribution < 1.29 is 33.6 Å². The zero-order valence-electron chi connectivity index (χ0n) is 21.2. The van der Waals surface area contributed by atoms with Gasteiger partial charge in [-0.05, 0) is 57.0 Å². The first-order chi connectivity index (χ1) is 16.1. The topological polar surface area (TPSA) is 95.5 Å². The molecule has 0 amide bonds. The van der Waals surface area contributed by atoms with E-state index in [0.29, 0.717) is 47.3 Å². The molecule has 2 aromatic rings. The van der Waals surface area contributed by atoms with Gasteiger partial charge in [0.1, 0.15) is 12.7 Å². The molecule has 0 bridgehead atoms. The van der Waals surface area contributed by atoms with E-state index in [2.05, 4.69) is 5.32 Å². The lowest BCUT2D eigenvalue weighted by Crippen LogP contribution is -2.42. The van der Waals surface area contributed by atoms with Crippen molar-refractivity contribution in [2.45, 2.75) is 45.3 Å². The molecule has 0 spiro atoms. The minimum Gasteiger partial charge on any atom is -0.493 e. The summed E-state index contributed by atoms with van der Waals surface area (Å²) in [7, 11) is 6.11. The molecule has 0 heterocycles. The second-order valence-corrected chi connectivity index (χ2v) is 8.92. The molecule has 8 nitrogen and oxygen atoms in total. The largest absolute Gasteiger partial charge is 0.493 e. The van der Waals surface area contributed by atoms with E-state index in [-0.39, 0.29) is 24.3 Å². The Kier molecular flexibility index (Phi) is 10.0. The maximum atomic E-state index is 12.9. The van der Waals surface area contributed by atoms with E-state index in [1.165, 1.54) is 21.3 Å². The van der Waals surface area contributed by atoms with Crippen LogP contribution < -0.4 is 29.0 Å². The number of ketones is 1. The number of carbonyl (C=O) groups is 1. The monoisotopic (exact) mass is 475 g/mol. The molecule has 34 heavy (non-hydrogen) atoms. The maximum absolute atomic E-state index is 12.9. The Morgan fingerprint density at radius 3 is 2.06 bits per heavy atom. The molecular formula is C26H37NO7. The number of methoxy groups -OCH3 is 4. The molecule has 0 radical (unpaired) electrons. The third-order valence-electron chi connectivity index (χ3n) is 5.15. The number of rotatable bonds is 13. The molecule has 8 heteroatoms. The van der Waals surface area contributed by atoms with E-state index < -0.39 is 6.10 Å². The van der Waals surface area contributed by atoms with E-state index in [1.807, 2.05) is 32.9 Å². The highest BCUT2D eigenvalue weighted by atomic mass is 16.5. The fraction of sp³-hybridized carbons (Fsp3) is 0.500. The van der Waals surface area contributed by atoms with Crippen molar-refractivity contribution in [3.63, 3.8) is 0 Å². The molecule has 0 aromatic heterocycles. The molecule has 0 aliphatic rings. The van der Waals surface area contributed by atoms with Gasteiger partial charge in [-0.25, -0.2) is 0 Å². The zero-order chi connectivity index (χ0) is 25.3. The highest BCUT2D eigenvalue weighted by molar-refractivity contribution is 5.97. The first-order valence-electron chi connectivity index (χ1n) is 11.2. The summed E-state index contributed by atoms with van der Waals surface area (Å²) in [5.41, 5.74) is 1.30. The minimum atomic E-state index is -0.672. The number of benzene rings is 2. The second-order valence-electron chi connectivity index (χ2n) is 8.92. The normalized spacial score (nSPS) is 12.1. The van der Waals surface area contributed by atoms with Gasteiger partial charge in [0, 0.05) is 24.1 Å². The highest BCUT2D eigenvalue weighted by Crippen LogP contribution is 2.38. The molecular weight excluding hydrogens is 438 g/mol. The number of Topliss-reactive ketones (excluding diaryl/α,β-unsaturated/α-hetero) is 1. The maximum Gasteiger partial charge on any atom is 0.203 e. The van der Waals surface area contributed by atoms with E-state index >= 15 is 0 Å². The van der Waals surface area contributed by atoms with E-state index in [0.717, 1.165) is 5.56 Å². The number of ether oxygens (including phenoxy) is 5. The van der Waals surface area contributed by atoms with Crippen molar-refractivity contribution in [3.05, 3.63) is 41.5 Å². The molecule has 1 atom stereocenters. The van der Waals surface area contributed by atoms with Crippen LogP contribution in [0.1, 0.15) is 43.1 Å². The standard InChI is InChI=1S/C26H37NO7/c1-26(2,3)27-15-19(28)16-34-22-12-17(9-11-21(22)30-4)8-10-20(29)18-13-23(31-5)25(33-7)24(14-18)32-6/h9,11-14,19,27-28H,8,10,15-16H2,1-7H3. The summed E-state index contributed by atoms with van der Waals surface area (Å²) in [4.78, 5) is 12.9. The summed E-state index contributed by atoms with van der Waals surface area (Å²) in [5.74, 6) is 2.35. The van der Waals surface area contributed by atoms with Crippen LogP contribution in [-0.2, 0) is 6.42 Å². The molecule has 2 aromatic carbocycles. The summed E-state index contributed by atoms with van der Waals surface area (Å²) in [5, 5.41) is 13.5. The summed E-state index contributed by atoms with van der Waals surface area (Å²) < 4.78 is 27.2. The molecule has 1 unspecified atom stereocenters. The van der Waals surface area contributed by atoms with Crippen LogP contribution >= 0.6 is 0 Å². The van der Waals surface area contributed by atoms with Crippen molar-refractivity contribution in [1.29, 1.82) is 0 Å². The van der Waals surface area contributed by atoms with Crippen LogP contribution in [0, 0.1) is 0 Å². The summed E-state index contributed by atoms with van der Waals surface area (Å²) in [6.45, 7) is 6.63. The third kappa shape index (κ3) is 7.81. The molecule has 0 saturated heterocycles. The van der Waals surface area contributed by atoms with Crippen molar-refractivity contribution in [2.24, 2.45) is 0 Å². The van der Waals surface area contributed by atoms with E-state index in [1.54, 1.807) is 25.3 Å². The van der Waals surface area contributed by atoms with Gasteiger partial charge in [0.2, 0.25) is 5.75 Å². The van der Waals surface area contributed by atoms with Crippen molar-refractivity contribution in [2.75, 3.05) is 41.6 Å². The molecule has 0 aliphatic carbocycles. The van der Waals surface area contributed by atoms with Gasteiger partial charge < -0.3 is 34.1 Å². The molecule has 188 valence electrons. The summed E-state index contributed by atoms with van der Waals surface area (Å²) in [6, 6.07) is 8.84. The minimum absolute atomic E-state index is 0.0544. The second kappa shape index (κ2) is 12.5. The first kappa shape index (κ1) is 27.3. The molecule has 0 aliphatic heterocycles. The van der Waals surface area contributed by atoms with Crippen LogP contribution in [0.2, 0.25) is 0 Å². The summed E-state index contributed by atoms with van der Waals surface area (Å²) in [6.07, 6.45) is 0.112. The van der Waals surface area contributed by atoms with Gasteiger partial charge >= 0.3 is 0 Å². The average molecular weight is 476 g/mol. The van der Waals surface area contributed by atoms with Crippen LogP contribution in [-0.4, -0.2) is 64.1 Å². The van der Waals surface area contributed by atoms with Crippen LogP contribution in [0.25, 0.3) is 0 Å². The van der Waals surface area contributed by atoms with Crippen molar-refractivity contribution in [1.82, 2.24) is 5.32 Å². The Labute approximate surface area is 202 Å². The van der Waals surface area contributed by atoms with Crippen molar-refractivity contribution in [3.8, 4) is 28.7 Å². The number of β-amino-alcohol motifs (C(OH)–C–C–N with tert-alkyl or cyclic N) is 1. The van der Waals surface area contributed by atoms with E-state index in [4.69, 9.17) is 23.7 Å². The van der Waals surface area contributed by atoms with Gasteiger partial charge in [0.05, 0.1) is 28.4 Å². The number of aryl methyl sites for hydroxylation is 1. The van der Waals surface area contributed by atoms with Gasteiger partial charge in [0.15, 0.2) is 28.8 Å². The molecule has 2 N–H and O–H groups in total. The first-order valence-corrected chi connectivity index (χ1v) is 11.2. The highest BCUT2D eigenvalue weighted by Gasteiger charge is 2.18. The van der Waals surface area contributed by atoms with Gasteiger partial charge in [0.25, 0.3) is 0 Å². The lowest BCUT2D eigenvalue weighted by Gasteiger charge is -2.23. The quantitative estimate of drug-likeness (QED) is 0.424. The van der Waals surface area contributed by atoms with Crippen LogP contribution in [0.4, 0.5) is 0 Å². The number of nitrogens with one attached hydrogen (secondary N) is 1. The average Bonchev–Trinajstić information content (AvgIpc) is 2.83. The van der Waals surface area contributed by atoms with Gasteiger partial charge in [-0.3, -0.25) is 4.79 Å². The Balaban J connectivity index is 2.07. The third-order valence-corrected chi connectivity index (χ3v) is 5.15. The fourth-order valence-corrected chi connectivity index (χ4v) is 3.30. The number of carbonyl (C=O) groups excluding carboxylic acids is 1. The Morgan fingerprint density at radius 1 is 0.912 bits per heavy atom.